The van der Waals surface area contributed by atoms with Crippen molar-refractivity contribution in [3.63, 3.8) is 0 Å². The summed E-state index contributed by atoms with van der Waals surface area (Å²) >= 11 is 0. The Labute approximate surface area is 201 Å². The fourth-order valence-electron chi connectivity index (χ4n) is 6.75. The van der Waals surface area contributed by atoms with Gasteiger partial charge in [0.05, 0.1) is 11.6 Å². The lowest BCUT2D eigenvalue weighted by molar-refractivity contribution is -0.0558. The molecule has 3 fully saturated rings. The van der Waals surface area contributed by atoms with Crippen molar-refractivity contribution in [2.45, 2.75) is 95.4 Å². The number of hydrogen-bond acceptors (Lipinski definition) is 4. The van der Waals surface area contributed by atoms with Crippen molar-refractivity contribution in [1.82, 2.24) is 10.2 Å². The quantitative estimate of drug-likeness (QED) is 0.577. The molecule has 1 aromatic carbocycles. The summed E-state index contributed by atoms with van der Waals surface area (Å²) in [6, 6.07) is 8.42. The van der Waals surface area contributed by atoms with Gasteiger partial charge >= 0.3 is 0 Å². The number of methoxy groups -OCH3 is 1. The Bertz CT molecular complexity index is 885. The van der Waals surface area contributed by atoms with E-state index in [0.717, 1.165) is 55.6 Å². The van der Waals surface area contributed by atoms with E-state index in [-0.39, 0.29) is 5.60 Å². The molecule has 4 nitrogen and oxygen atoms in total. The average molecular weight is 450 g/mol. The van der Waals surface area contributed by atoms with Crippen LogP contribution in [0.1, 0.15) is 75.8 Å². The molecule has 1 aliphatic carbocycles. The largest absolute Gasteiger partial charge is 0.378 e. The summed E-state index contributed by atoms with van der Waals surface area (Å²) in [4.78, 5) is 5.34. The molecule has 0 radical (unpaired) electrons. The first-order chi connectivity index (χ1) is 16.0. The summed E-state index contributed by atoms with van der Waals surface area (Å²) in [7, 11) is 1.88. The smallest absolute Gasteiger partial charge is 0.0693 e. The highest BCUT2D eigenvalue weighted by Gasteiger charge is 2.37. The molecule has 4 aliphatic rings. The lowest BCUT2D eigenvalue weighted by Crippen LogP contribution is -2.50. The van der Waals surface area contributed by atoms with Gasteiger partial charge in [-0.2, -0.15) is 0 Å². The second-order valence-corrected chi connectivity index (χ2v) is 11.3. The van der Waals surface area contributed by atoms with Gasteiger partial charge in [0.1, 0.15) is 0 Å². The lowest BCUT2D eigenvalue weighted by atomic mass is 9.83. The van der Waals surface area contributed by atoms with E-state index in [1.165, 1.54) is 68.4 Å². The van der Waals surface area contributed by atoms with Crippen molar-refractivity contribution in [3.8, 4) is 0 Å². The van der Waals surface area contributed by atoms with Crippen LogP contribution in [0.15, 0.2) is 42.8 Å². The monoisotopic (exact) mass is 449 g/mol. The SMILES string of the molecule is C=C1CCC(N2Cc3cc(CC4CCCCCC4N4CCC(C)(OC)CC4)ccc32)C(=C)N1. The van der Waals surface area contributed by atoms with E-state index in [0.29, 0.717) is 6.04 Å². The van der Waals surface area contributed by atoms with Gasteiger partial charge in [0.15, 0.2) is 0 Å². The van der Waals surface area contributed by atoms with Crippen LogP contribution in [0.4, 0.5) is 5.69 Å². The minimum Gasteiger partial charge on any atom is -0.378 e. The van der Waals surface area contributed by atoms with Crippen molar-refractivity contribution in [2.24, 2.45) is 5.92 Å². The molecular weight excluding hydrogens is 406 g/mol. The molecule has 3 unspecified atom stereocenters. The van der Waals surface area contributed by atoms with Crippen LogP contribution in [0.5, 0.6) is 0 Å². The number of ether oxygens (including phenoxy) is 1. The van der Waals surface area contributed by atoms with Gasteiger partial charge in [0.25, 0.3) is 0 Å². The van der Waals surface area contributed by atoms with Gasteiger partial charge in [-0.05, 0) is 75.0 Å². The number of anilines is 1. The van der Waals surface area contributed by atoms with Gasteiger partial charge in [0, 0.05) is 49.9 Å². The summed E-state index contributed by atoms with van der Waals surface area (Å²) in [6.07, 6.45) is 12.7. The molecule has 0 amide bonds. The molecule has 4 heteroatoms. The first-order valence-corrected chi connectivity index (χ1v) is 13.3. The van der Waals surface area contributed by atoms with Crippen LogP contribution in [0.25, 0.3) is 0 Å². The van der Waals surface area contributed by atoms with E-state index in [1.54, 1.807) is 0 Å². The van der Waals surface area contributed by atoms with Crippen LogP contribution >= 0.6 is 0 Å². The molecule has 1 saturated carbocycles. The number of rotatable bonds is 5. The third kappa shape index (κ3) is 4.74. The molecule has 5 rings (SSSR count). The van der Waals surface area contributed by atoms with E-state index in [1.807, 2.05) is 7.11 Å². The highest BCUT2D eigenvalue weighted by Crippen LogP contribution is 2.40. The van der Waals surface area contributed by atoms with Crippen molar-refractivity contribution >= 4 is 5.69 Å². The number of nitrogens with zero attached hydrogens (tertiary/aromatic N) is 2. The molecule has 3 heterocycles. The van der Waals surface area contributed by atoms with Crippen molar-refractivity contribution in [1.29, 1.82) is 0 Å². The normalized spacial score (nSPS) is 30.2. The molecule has 1 N–H and O–H groups in total. The number of piperidine rings is 2. The Morgan fingerprint density at radius 1 is 1.09 bits per heavy atom. The third-order valence-corrected chi connectivity index (χ3v) is 9.06. The average Bonchev–Trinajstić information content (AvgIpc) is 3.02. The number of allylic oxidation sites excluding steroid dienone is 1. The van der Waals surface area contributed by atoms with Crippen LogP contribution in [0, 0.1) is 5.92 Å². The molecule has 1 aromatic rings. The molecular formula is C29H43N3O. The van der Waals surface area contributed by atoms with Crippen molar-refractivity contribution < 1.29 is 4.74 Å². The van der Waals surface area contributed by atoms with Crippen LogP contribution in [-0.2, 0) is 17.7 Å². The van der Waals surface area contributed by atoms with Crippen LogP contribution in [0.2, 0.25) is 0 Å². The van der Waals surface area contributed by atoms with Crippen molar-refractivity contribution in [2.75, 3.05) is 25.1 Å². The maximum atomic E-state index is 5.81. The van der Waals surface area contributed by atoms with E-state index < -0.39 is 0 Å². The Balaban J connectivity index is 1.25. The maximum absolute atomic E-state index is 5.81. The molecule has 3 aliphatic heterocycles. The van der Waals surface area contributed by atoms with Crippen LogP contribution in [-0.4, -0.2) is 42.8 Å². The maximum Gasteiger partial charge on any atom is 0.0693 e. The predicted octanol–water partition coefficient (Wildman–Crippen LogP) is 5.78. The summed E-state index contributed by atoms with van der Waals surface area (Å²) in [5.41, 5.74) is 6.75. The number of likely N-dealkylation sites (tertiary alicyclic amines) is 1. The molecule has 0 bridgehead atoms. The first kappa shape index (κ1) is 23.0. The standard InChI is InChI=1S/C29H43N3O/c1-21-10-12-26(22(2)30-21)32-20-25-19-23(11-13-28(25)32)18-24-8-6-5-7-9-27(24)31-16-14-29(3,33-4)15-17-31/h11,13,19,24,26-27,30H,1-2,5-10,12,14-18,20H2,3-4H3. The molecule has 0 aromatic heterocycles. The van der Waals surface area contributed by atoms with Gasteiger partial charge in [-0.25, -0.2) is 0 Å². The van der Waals surface area contributed by atoms with Gasteiger partial charge in [0.2, 0.25) is 0 Å². The number of hydrogen-bond donors (Lipinski definition) is 1. The highest BCUT2D eigenvalue weighted by atomic mass is 16.5. The summed E-state index contributed by atoms with van der Waals surface area (Å²) in [5.74, 6) is 0.780. The Hall–Kier alpha value is -1.78. The second-order valence-electron chi connectivity index (χ2n) is 11.3. The topological polar surface area (TPSA) is 27.7 Å². The number of benzene rings is 1. The third-order valence-electron chi connectivity index (χ3n) is 9.06. The number of nitrogens with one attached hydrogen (secondary N) is 1. The molecule has 180 valence electrons. The zero-order valence-corrected chi connectivity index (χ0v) is 20.9. The molecule has 3 atom stereocenters. The minimum absolute atomic E-state index is 0.0801. The van der Waals surface area contributed by atoms with Gasteiger partial charge < -0.3 is 15.0 Å². The van der Waals surface area contributed by atoms with E-state index in [2.05, 4.69) is 53.4 Å². The summed E-state index contributed by atoms with van der Waals surface area (Å²) < 4.78 is 5.81. The predicted molar refractivity (Wildman–Crippen MR) is 137 cm³/mol. The number of fused-ring (bicyclic) bond motifs is 1. The van der Waals surface area contributed by atoms with E-state index in [9.17, 15) is 0 Å². The summed E-state index contributed by atoms with van der Waals surface area (Å²) in [6.45, 7) is 14.1. The molecule has 0 spiro atoms. The fourth-order valence-corrected chi connectivity index (χ4v) is 6.75. The lowest BCUT2D eigenvalue weighted by Gasteiger charge is -2.45. The highest BCUT2D eigenvalue weighted by molar-refractivity contribution is 5.65. The second kappa shape index (κ2) is 9.46. The first-order valence-electron chi connectivity index (χ1n) is 13.3. The summed E-state index contributed by atoms with van der Waals surface area (Å²) in [5, 5.41) is 3.38. The zero-order chi connectivity index (χ0) is 23.0. The van der Waals surface area contributed by atoms with Gasteiger partial charge in [-0.15, -0.1) is 0 Å². The zero-order valence-electron chi connectivity index (χ0n) is 20.9. The van der Waals surface area contributed by atoms with Crippen LogP contribution in [0.3, 0.4) is 0 Å². The minimum atomic E-state index is 0.0801. The van der Waals surface area contributed by atoms with E-state index in [4.69, 9.17) is 4.74 Å². The molecule has 33 heavy (non-hydrogen) atoms. The van der Waals surface area contributed by atoms with Crippen LogP contribution < -0.4 is 10.2 Å². The fraction of sp³-hybridized carbons (Fsp3) is 0.655. The Kier molecular flexibility index (Phi) is 6.59. The van der Waals surface area contributed by atoms with Gasteiger partial charge in [-0.3, -0.25) is 4.90 Å². The van der Waals surface area contributed by atoms with E-state index >= 15 is 0 Å². The van der Waals surface area contributed by atoms with Gasteiger partial charge in [-0.1, -0.05) is 44.6 Å². The Morgan fingerprint density at radius 2 is 1.88 bits per heavy atom. The molecule has 2 saturated heterocycles. The van der Waals surface area contributed by atoms with Crippen molar-refractivity contribution in [3.05, 3.63) is 53.9 Å². The Morgan fingerprint density at radius 3 is 2.61 bits per heavy atom.